The van der Waals surface area contributed by atoms with Gasteiger partial charge in [-0.3, -0.25) is 0 Å². The van der Waals surface area contributed by atoms with E-state index in [1.165, 1.54) is 24.4 Å². The van der Waals surface area contributed by atoms with Gasteiger partial charge in [-0.1, -0.05) is 39.5 Å². The minimum Gasteiger partial charge on any atom is -0.480 e. The zero-order valence-electron chi connectivity index (χ0n) is 15.9. The second-order valence-corrected chi connectivity index (χ2v) is 8.35. The Labute approximate surface area is 158 Å². The van der Waals surface area contributed by atoms with Crippen LogP contribution in [-0.2, 0) is 0 Å². The standard InChI is InChI=1S/C7H8O2S.C7H8OS2.2C2H6/c2*1-4-6-7(5(2)10-4)9-3-8-6;2*1-2/h2*3H2,1-2H3;2*1-2H3. The van der Waals surface area contributed by atoms with E-state index in [1.807, 2.05) is 52.9 Å². The Morgan fingerprint density at radius 1 is 0.625 bits per heavy atom. The third-order valence-corrected chi connectivity index (χ3v) is 6.25. The van der Waals surface area contributed by atoms with Gasteiger partial charge in [-0.25, -0.2) is 0 Å². The summed E-state index contributed by atoms with van der Waals surface area (Å²) in [4.78, 5) is 6.50. The van der Waals surface area contributed by atoms with E-state index in [4.69, 9.17) is 14.2 Å². The summed E-state index contributed by atoms with van der Waals surface area (Å²) in [6.07, 6.45) is 0. The van der Waals surface area contributed by atoms with E-state index in [1.54, 1.807) is 23.1 Å². The minimum atomic E-state index is 0.389. The molecule has 6 heteroatoms. The lowest BCUT2D eigenvalue weighted by Crippen LogP contribution is -1.94. The number of thiophene rings is 2. The van der Waals surface area contributed by atoms with Gasteiger partial charge < -0.3 is 14.2 Å². The second kappa shape index (κ2) is 10.2. The Balaban J connectivity index is 0.000000199. The molecule has 0 aromatic carbocycles. The third-order valence-electron chi connectivity index (χ3n) is 3.12. The number of hydrogen-bond donors (Lipinski definition) is 0. The van der Waals surface area contributed by atoms with Crippen LogP contribution in [0.2, 0.25) is 0 Å². The van der Waals surface area contributed by atoms with Crippen molar-refractivity contribution in [3.63, 3.8) is 0 Å². The van der Waals surface area contributed by atoms with Crippen molar-refractivity contribution in [2.45, 2.75) is 60.3 Å². The van der Waals surface area contributed by atoms with Gasteiger partial charge in [0.2, 0.25) is 6.79 Å². The van der Waals surface area contributed by atoms with Crippen LogP contribution in [0.15, 0.2) is 4.90 Å². The van der Waals surface area contributed by atoms with E-state index < -0.39 is 0 Å². The van der Waals surface area contributed by atoms with Gasteiger partial charge in [0.05, 0.1) is 4.90 Å². The first-order valence-electron chi connectivity index (χ1n) is 8.29. The van der Waals surface area contributed by atoms with E-state index in [2.05, 4.69) is 13.8 Å². The lowest BCUT2D eigenvalue weighted by atomic mass is 10.4. The zero-order valence-corrected chi connectivity index (χ0v) is 18.3. The van der Waals surface area contributed by atoms with E-state index in [0.29, 0.717) is 6.79 Å². The number of thioether (sulfide) groups is 1. The summed E-state index contributed by atoms with van der Waals surface area (Å²) >= 11 is 5.35. The number of hydrogen-bond acceptors (Lipinski definition) is 6. The van der Waals surface area contributed by atoms with Crippen molar-refractivity contribution in [2.75, 3.05) is 12.7 Å². The minimum absolute atomic E-state index is 0.389. The van der Waals surface area contributed by atoms with Crippen molar-refractivity contribution in [3.8, 4) is 17.2 Å². The van der Waals surface area contributed by atoms with E-state index >= 15 is 0 Å². The van der Waals surface area contributed by atoms with Crippen LogP contribution in [0.5, 0.6) is 17.2 Å². The van der Waals surface area contributed by atoms with Crippen LogP contribution in [0.3, 0.4) is 0 Å². The maximum Gasteiger partial charge on any atom is 0.231 e. The molecule has 0 spiro atoms. The van der Waals surface area contributed by atoms with Gasteiger partial charge in [0.1, 0.15) is 11.7 Å². The Morgan fingerprint density at radius 3 is 1.58 bits per heavy atom. The van der Waals surface area contributed by atoms with Crippen molar-refractivity contribution in [1.82, 2.24) is 0 Å². The topological polar surface area (TPSA) is 27.7 Å². The predicted molar refractivity (Wildman–Crippen MR) is 108 cm³/mol. The fraction of sp³-hybridized carbons (Fsp3) is 0.556. The summed E-state index contributed by atoms with van der Waals surface area (Å²) < 4.78 is 15.9. The van der Waals surface area contributed by atoms with Gasteiger partial charge in [0.15, 0.2) is 11.5 Å². The number of fused-ring (bicyclic) bond motifs is 2. The highest BCUT2D eigenvalue weighted by atomic mass is 32.2. The van der Waals surface area contributed by atoms with Crippen LogP contribution in [0.1, 0.15) is 47.2 Å². The Hall–Kier alpha value is -0.850. The van der Waals surface area contributed by atoms with E-state index in [-0.39, 0.29) is 0 Å². The van der Waals surface area contributed by atoms with Crippen molar-refractivity contribution in [2.24, 2.45) is 0 Å². The fourth-order valence-corrected chi connectivity index (χ4v) is 5.30. The van der Waals surface area contributed by atoms with Crippen LogP contribution in [0.25, 0.3) is 0 Å². The quantitative estimate of drug-likeness (QED) is 0.488. The molecule has 136 valence electrons. The molecule has 4 rings (SSSR count). The van der Waals surface area contributed by atoms with Gasteiger partial charge in [0, 0.05) is 19.5 Å². The second-order valence-electron chi connectivity index (χ2n) is 4.56. The van der Waals surface area contributed by atoms with Crippen molar-refractivity contribution in [1.29, 1.82) is 0 Å². The molecule has 0 N–H and O–H groups in total. The number of aryl methyl sites for hydroxylation is 4. The molecule has 0 amide bonds. The molecule has 0 aliphatic carbocycles. The first-order valence-corrected chi connectivity index (χ1v) is 10.9. The molecule has 24 heavy (non-hydrogen) atoms. The molecule has 0 atom stereocenters. The normalized spacial score (nSPS) is 12.7. The van der Waals surface area contributed by atoms with Gasteiger partial charge in [-0.2, -0.15) is 0 Å². The van der Waals surface area contributed by atoms with Gasteiger partial charge in [-0.15, -0.1) is 22.7 Å². The van der Waals surface area contributed by atoms with Gasteiger partial charge >= 0.3 is 0 Å². The molecule has 0 saturated carbocycles. The largest absolute Gasteiger partial charge is 0.480 e. The summed E-state index contributed by atoms with van der Waals surface area (Å²) in [6.45, 7) is 16.7. The summed E-state index contributed by atoms with van der Waals surface area (Å²) in [5.41, 5.74) is 0. The average molecular weight is 389 g/mol. The Bertz CT molecular complexity index is 539. The maximum absolute atomic E-state index is 5.42. The molecule has 2 aliphatic rings. The smallest absolute Gasteiger partial charge is 0.231 e. The molecule has 0 unspecified atom stereocenters. The summed E-state index contributed by atoms with van der Waals surface area (Å²) in [5.74, 6) is 3.83. The van der Waals surface area contributed by atoms with Crippen molar-refractivity contribution < 1.29 is 14.2 Å². The lowest BCUT2D eigenvalue weighted by molar-refractivity contribution is 0.173. The van der Waals surface area contributed by atoms with Crippen LogP contribution >= 0.6 is 34.4 Å². The molecule has 4 heterocycles. The SMILES string of the molecule is CC.CC.Cc1sc(C)c2c1OCO2.Cc1sc(C)c2c1OCS2. The molecule has 2 aromatic heterocycles. The number of ether oxygens (including phenoxy) is 3. The molecule has 3 nitrogen and oxygen atoms in total. The number of rotatable bonds is 0. The predicted octanol–water partition coefficient (Wildman–Crippen LogP) is 6.95. The fourth-order valence-electron chi connectivity index (χ4n) is 2.25. The monoisotopic (exact) mass is 388 g/mol. The van der Waals surface area contributed by atoms with Crippen LogP contribution in [-0.4, -0.2) is 12.7 Å². The first-order chi connectivity index (χ1) is 11.6. The van der Waals surface area contributed by atoms with Crippen molar-refractivity contribution >= 4 is 34.4 Å². The molecule has 0 saturated heterocycles. The summed E-state index contributed by atoms with van der Waals surface area (Å²) in [6, 6.07) is 0. The first kappa shape index (κ1) is 21.2. The highest BCUT2D eigenvalue weighted by Gasteiger charge is 2.21. The Kier molecular flexibility index (Phi) is 9.02. The summed E-state index contributed by atoms with van der Waals surface area (Å²) in [7, 11) is 0. The lowest BCUT2D eigenvalue weighted by Gasteiger charge is -1.91. The molecule has 0 fully saturated rings. The van der Waals surface area contributed by atoms with E-state index in [0.717, 1.165) is 23.2 Å². The summed E-state index contributed by atoms with van der Waals surface area (Å²) in [5, 5.41) is 0. The van der Waals surface area contributed by atoms with Crippen LogP contribution < -0.4 is 14.2 Å². The Morgan fingerprint density at radius 2 is 1.08 bits per heavy atom. The van der Waals surface area contributed by atoms with Gasteiger partial charge in [-0.05, 0) is 27.7 Å². The molecular weight excluding hydrogens is 360 g/mol. The molecule has 0 bridgehead atoms. The zero-order chi connectivity index (χ0) is 18.3. The van der Waals surface area contributed by atoms with Crippen molar-refractivity contribution in [3.05, 3.63) is 19.5 Å². The molecule has 2 aliphatic heterocycles. The maximum atomic E-state index is 5.42. The highest BCUT2D eigenvalue weighted by molar-refractivity contribution is 7.99. The molecular formula is C18H28O3S3. The highest BCUT2D eigenvalue weighted by Crippen LogP contribution is 2.46. The molecule has 2 aromatic rings. The average Bonchev–Trinajstić information content (AvgIpc) is 3.34. The van der Waals surface area contributed by atoms with Gasteiger partial charge in [0.25, 0.3) is 0 Å². The van der Waals surface area contributed by atoms with Crippen LogP contribution in [0.4, 0.5) is 0 Å². The van der Waals surface area contributed by atoms with E-state index in [9.17, 15) is 0 Å². The van der Waals surface area contributed by atoms with Crippen LogP contribution in [0, 0.1) is 27.7 Å². The third kappa shape index (κ3) is 4.61. The molecule has 0 radical (unpaired) electrons.